The van der Waals surface area contributed by atoms with Crippen molar-refractivity contribution >= 4 is 33.3 Å². The zero-order valence-corrected chi connectivity index (χ0v) is 24.6. The van der Waals surface area contributed by atoms with Crippen LogP contribution in [0.25, 0.3) is 21.3 Å². The first kappa shape index (κ1) is 26.9. The van der Waals surface area contributed by atoms with E-state index in [2.05, 4.69) is 74.7 Å². The van der Waals surface area contributed by atoms with Crippen molar-refractivity contribution in [2.45, 2.75) is 44.6 Å². The smallest absolute Gasteiger partial charge is 0.226 e. The summed E-state index contributed by atoms with van der Waals surface area (Å²) in [4.78, 5) is 21.5. The molecule has 5 heterocycles. The van der Waals surface area contributed by atoms with Crippen LogP contribution in [-0.2, 0) is 0 Å². The van der Waals surface area contributed by atoms with Crippen molar-refractivity contribution in [3.8, 4) is 11.1 Å². The van der Waals surface area contributed by atoms with Gasteiger partial charge in [-0.1, -0.05) is 30.3 Å². The molecule has 3 aliphatic rings. The first-order valence-corrected chi connectivity index (χ1v) is 16.0. The Morgan fingerprint density at radius 3 is 2.46 bits per heavy atom. The first-order valence-electron chi connectivity index (χ1n) is 15.1. The maximum atomic E-state index is 5.19. The second-order valence-corrected chi connectivity index (χ2v) is 12.8. The number of thiophene rings is 1. The van der Waals surface area contributed by atoms with E-state index in [4.69, 9.17) is 9.97 Å². The summed E-state index contributed by atoms with van der Waals surface area (Å²) in [5.74, 6) is 2.67. The molecule has 0 spiro atoms. The van der Waals surface area contributed by atoms with E-state index in [9.17, 15) is 0 Å². The van der Waals surface area contributed by atoms with Crippen LogP contribution in [0.1, 0.15) is 38.5 Å². The molecule has 1 aromatic carbocycles. The highest BCUT2D eigenvalue weighted by Crippen LogP contribution is 2.40. The Hall–Kier alpha value is -2.26. The van der Waals surface area contributed by atoms with Gasteiger partial charge in [-0.25, -0.2) is 4.98 Å². The molecule has 0 aliphatic carbocycles. The van der Waals surface area contributed by atoms with Crippen molar-refractivity contribution in [1.29, 1.82) is 0 Å². The number of nitrogens with one attached hydrogen (secondary N) is 1. The number of likely N-dealkylation sites (N-methyl/N-ethyl adjacent to an activating group) is 1. The van der Waals surface area contributed by atoms with Gasteiger partial charge < -0.3 is 24.9 Å². The standard InChI is InChI=1S/C31H45N7S/c1-35(2)26-11-8-17-37(22-26)21-24-12-18-38(19-13-24)29-28-27(25-9-4-3-5-10-25)23-39-30(28)34-31(33-29)32-14-20-36-15-6-7-16-36/h3-5,9-10,23-24,26H,6-8,11-22H2,1-2H3,(H,32,33,34). The average molecular weight is 548 g/mol. The highest BCUT2D eigenvalue weighted by atomic mass is 32.1. The highest BCUT2D eigenvalue weighted by Gasteiger charge is 2.28. The van der Waals surface area contributed by atoms with Crippen LogP contribution in [0.2, 0.25) is 0 Å². The summed E-state index contributed by atoms with van der Waals surface area (Å²) in [7, 11) is 4.47. The third kappa shape index (κ3) is 6.40. The van der Waals surface area contributed by atoms with Gasteiger partial charge in [0.05, 0.1) is 5.39 Å². The van der Waals surface area contributed by atoms with E-state index in [1.165, 1.54) is 87.8 Å². The molecule has 0 bridgehead atoms. The predicted octanol–water partition coefficient (Wildman–Crippen LogP) is 5.11. The van der Waals surface area contributed by atoms with Crippen molar-refractivity contribution < 1.29 is 0 Å². The number of hydrogen-bond donors (Lipinski definition) is 1. The van der Waals surface area contributed by atoms with Crippen LogP contribution in [0, 0.1) is 5.92 Å². The third-order valence-electron chi connectivity index (χ3n) is 9.05. The summed E-state index contributed by atoms with van der Waals surface area (Å²) in [5, 5.41) is 7.07. The molecule has 6 rings (SSSR count). The topological polar surface area (TPSA) is 50.8 Å². The molecule has 3 aliphatic heterocycles. The highest BCUT2D eigenvalue weighted by molar-refractivity contribution is 7.17. The Kier molecular flexibility index (Phi) is 8.63. The molecule has 3 fully saturated rings. The molecule has 7 nitrogen and oxygen atoms in total. The summed E-state index contributed by atoms with van der Waals surface area (Å²) in [6.45, 7) is 10.3. The first-order chi connectivity index (χ1) is 19.1. The van der Waals surface area contributed by atoms with Crippen LogP contribution in [0.5, 0.6) is 0 Å². The fourth-order valence-electron chi connectivity index (χ4n) is 6.70. The predicted molar refractivity (Wildman–Crippen MR) is 165 cm³/mol. The molecular weight excluding hydrogens is 502 g/mol. The SMILES string of the molecule is CN(C)C1CCCN(CC2CCN(c3nc(NCCN4CCCC4)nc4scc(-c5ccccc5)c34)CC2)C1. The lowest BCUT2D eigenvalue weighted by molar-refractivity contribution is 0.113. The molecule has 3 saturated heterocycles. The van der Waals surface area contributed by atoms with Gasteiger partial charge in [-0.15, -0.1) is 11.3 Å². The number of anilines is 2. The zero-order chi connectivity index (χ0) is 26.6. The van der Waals surface area contributed by atoms with Gasteiger partial charge in [0.15, 0.2) is 0 Å². The van der Waals surface area contributed by atoms with Gasteiger partial charge in [-0.05, 0) is 83.7 Å². The van der Waals surface area contributed by atoms with Gasteiger partial charge in [0.25, 0.3) is 0 Å². The molecule has 0 saturated carbocycles. The molecule has 0 amide bonds. The number of hydrogen-bond acceptors (Lipinski definition) is 8. The summed E-state index contributed by atoms with van der Waals surface area (Å²) in [6, 6.07) is 11.5. The Bertz CT molecular complexity index is 1200. The van der Waals surface area contributed by atoms with Crippen molar-refractivity contribution in [3.63, 3.8) is 0 Å². The van der Waals surface area contributed by atoms with Crippen molar-refractivity contribution in [3.05, 3.63) is 35.7 Å². The Morgan fingerprint density at radius 2 is 1.69 bits per heavy atom. The van der Waals surface area contributed by atoms with E-state index < -0.39 is 0 Å². The summed E-state index contributed by atoms with van der Waals surface area (Å²) in [6.07, 6.45) is 7.79. The number of nitrogens with zero attached hydrogens (tertiary/aromatic N) is 6. The van der Waals surface area contributed by atoms with Crippen molar-refractivity contribution in [2.75, 3.05) is 83.2 Å². The van der Waals surface area contributed by atoms with Gasteiger partial charge in [0, 0.05) is 56.3 Å². The molecular formula is C31H45N7S. The lowest BCUT2D eigenvalue weighted by atomic mass is 9.94. The van der Waals surface area contributed by atoms with E-state index in [-0.39, 0.29) is 0 Å². The van der Waals surface area contributed by atoms with Crippen LogP contribution in [0.3, 0.4) is 0 Å². The van der Waals surface area contributed by atoms with E-state index in [0.717, 1.165) is 48.7 Å². The van der Waals surface area contributed by atoms with E-state index >= 15 is 0 Å². The quantitative estimate of drug-likeness (QED) is 0.400. The minimum Gasteiger partial charge on any atom is -0.356 e. The average Bonchev–Trinajstić information content (AvgIpc) is 3.64. The summed E-state index contributed by atoms with van der Waals surface area (Å²) < 4.78 is 0. The van der Waals surface area contributed by atoms with Gasteiger partial charge in [0.2, 0.25) is 5.95 Å². The Labute approximate surface area is 238 Å². The van der Waals surface area contributed by atoms with E-state index in [1.807, 2.05) is 0 Å². The summed E-state index contributed by atoms with van der Waals surface area (Å²) in [5.41, 5.74) is 2.51. The second kappa shape index (κ2) is 12.5. The minimum atomic E-state index is 0.708. The monoisotopic (exact) mass is 547 g/mol. The molecule has 1 atom stereocenters. The second-order valence-electron chi connectivity index (χ2n) is 12.0. The molecule has 8 heteroatoms. The van der Waals surface area contributed by atoms with Gasteiger partial charge in [0.1, 0.15) is 10.6 Å². The molecule has 3 aromatic rings. The maximum Gasteiger partial charge on any atom is 0.226 e. The fourth-order valence-corrected chi connectivity index (χ4v) is 7.65. The lowest BCUT2D eigenvalue weighted by Crippen LogP contribution is -2.47. The van der Waals surface area contributed by atoms with Crippen LogP contribution in [0.4, 0.5) is 11.8 Å². The number of benzene rings is 1. The Balaban J connectivity index is 1.18. The van der Waals surface area contributed by atoms with Crippen LogP contribution < -0.4 is 10.2 Å². The molecule has 1 unspecified atom stereocenters. The van der Waals surface area contributed by atoms with E-state index in [1.54, 1.807) is 11.3 Å². The fraction of sp³-hybridized carbons (Fsp3) is 0.613. The number of piperidine rings is 2. The number of likely N-dealkylation sites (tertiary alicyclic amines) is 2. The van der Waals surface area contributed by atoms with Gasteiger partial charge in [-0.3, -0.25) is 0 Å². The Morgan fingerprint density at radius 1 is 0.923 bits per heavy atom. The van der Waals surface area contributed by atoms with Crippen LogP contribution >= 0.6 is 11.3 Å². The van der Waals surface area contributed by atoms with Gasteiger partial charge in [-0.2, -0.15) is 4.98 Å². The lowest BCUT2D eigenvalue weighted by Gasteiger charge is -2.40. The number of rotatable bonds is 9. The normalized spacial score (nSPS) is 21.8. The number of aromatic nitrogens is 2. The van der Waals surface area contributed by atoms with Crippen LogP contribution in [0.15, 0.2) is 35.7 Å². The molecule has 210 valence electrons. The molecule has 0 radical (unpaired) electrons. The summed E-state index contributed by atoms with van der Waals surface area (Å²) >= 11 is 1.75. The minimum absolute atomic E-state index is 0.708. The molecule has 2 aromatic heterocycles. The van der Waals surface area contributed by atoms with Crippen molar-refractivity contribution in [1.82, 2.24) is 24.7 Å². The van der Waals surface area contributed by atoms with Crippen LogP contribution in [-0.4, -0.2) is 104 Å². The van der Waals surface area contributed by atoms with E-state index in [0.29, 0.717) is 6.04 Å². The molecule has 1 N–H and O–H groups in total. The maximum absolute atomic E-state index is 5.19. The zero-order valence-electron chi connectivity index (χ0n) is 23.8. The van der Waals surface area contributed by atoms with Gasteiger partial charge >= 0.3 is 0 Å². The third-order valence-corrected chi connectivity index (χ3v) is 9.92. The molecule has 39 heavy (non-hydrogen) atoms. The number of fused-ring (bicyclic) bond motifs is 1. The van der Waals surface area contributed by atoms with Crippen molar-refractivity contribution in [2.24, 2.45) is 5.92 Å². The largest absolute Gasteiger partial charge is 0.356 e.